The van der Waals surface area contributed by atoms with Gasteiger partial charge in [-0.3, -0.25) is 14.7 Å². The van der Waals surface area contributed by atoms with Gasteiger partial charge in [0.2, 0.25) is 5.91 Å². The molecule has 2 atom stereocenters. The van der Waals surface area contributed by atoms with E-state index in [9.17, 15) is 18.0 Å². The maximum atomic E-state index is 13.2. The summed E-state index contributed by atoms with van der Waals surface area (Å²) >= 11 is 0. The molecular weight excluding hydrogens is 483 g/mol. The number of methoxy groups -OCH3 is 2. The van der Waals surface area contributed by atoms with Gasteiger partial charge in [0.15, 0.2) is 11.5 Å². The van der Waals surface area contributed by atoms with Crippen LogP contribution in [0.1, 0.15) is 46.5 Å². The number of hydrogen-bond donors (Lipinski definition) is 1. The number of alkyl halides is 3. The van der Waals surface area contributed by atoms with Crippen LogP contribution >= 0.6 is 0 Å². The van der Waals surface area contributed by atoms with Crippen LogP contribution in [-0.4, -0.2) is 43.6 Å². The second-order valence-corrected chi connectivity index (χ2v) is 8.93. The number of nitrogens with zero attached hydrogens (tertiary/aromatic N) is 2. The van der Waals surface area contributed by atoms with Crippen LogP contribution in [0.25, 0.3) is 0 Å². The number of aryl methyl sites for hydroxylation is 1. The number of carbonyl (C=O) groups excluding carboxylic acids is 1. The molecule has 0 bridgehead atoms. The molecule has 0 spiro atoms. The van der Waals surface area contributed by atoms with Gasteiger partial charge in [-0.25, -0.2) is 0 Å². The molecule has 2 aromatic carbocycles. The molecule has 0 aliphatic carbocycles. The van der Waals surface area contributed by atoms with Crippen molar-refractivity contribution in [3.05, 3.63) is 88.7 Å². The van der Waals surface area contributed by atoms with Crippen LogP contribution in [0.3, 0.4) is 0 Å². The lowest BCUT2D eigenvalue weighted by Crippen LogP contribution is -2.44. The number of pyridine rings is 1. The van der Waals surface area contributed by atoms with E-state index in [4.69, 9.17) is 9.47 Å². The van der Waals surface area contributed by atoms with Gasteiger partial charge in [-0.05, 0) is 59.7 Å². The van der Waals surface area contributed by atoms with Crippen LogP contribution in [0.5, 0.6) is 11.5 Å². The number of ether oxygens (including phenoxy) is 2. The first-order valence-corrected chi connectivity index (χ1v) is 12.1. The van der Waals surface area contributed by atoms with Gasteiger partial charge in [-0.1, -0.05) is 36.4 Å². The zero-order valence-electron chi connectivity index (χ0n) is 21.0. The molecule has 0 radical (unpaired) electrons. The maximum Gasteiger partial charge on any atom is 0.433 e. The molecule has 3 aromatic rings. The molecule has 9 heteroatoms. The number of halogens is 3. The SMILES string of the molecule is CNC(=O)[C@@H](c1ccccc1)N1CCc2cc(OC)c(OC)cc2C1CCc1ccc(C(F)(F)F)nc1. The Morgan fingerprint density at radius 2 is 1.81 bits per heavy atom. The van der Waals surface area contributed by atoms with E-state index in [2.05, 4.69) is 15.2 Å². The molecular formula is C28H30F3N3O3. The van der Waals surface area contributed by atoms with Gasteiger partial charge >= 0.3 is 6.18 Å². The molecule has 37 heavy (non-hydrogen) atoms. The Balaban J connectivity index is 1.73. The lowest BCUT2D eigenvalue weighted by atomic mass is 9.86. The number of fused-ring (bicyclic) bond motifs is 1. The normalized spacial score (nSPS) is 16.5. The summed E-state index contributed by atoms with van der Waals surface area (Å²) in [5.74, 6) is 1.09. The van der Waals surface area contributed by atoms with E-state index in [0.717, 1.165) is 22.8 Å². The van der Waals surface area contributed by atoms with E-state index < -0.39 is 17.9 Å². The van der Waals surface area contributed by atoms with Crippen molar-refractivity contribution in [1.82, 2.24) is 15.2 Å². The molecule has 6 nitrogen and oxygen atoms in total. The van der Waals surface area contributed by atoms with Crippen LogP contribution in [0.2, 0.25) is 0 Å². The van der Waals surface area contributed by atoms with Crippen molar-refractivity contribution in [2.24, 2.45) is 0 Å². The number of rotatable bonds is 8. The summed E-state index contributed by atoms with van der Waals surface area (Å²) in [4.78, 5) is 19.0. The predicted octanol–water partition coefficient (Wildman–Crippen LogP) is 5.14. The molecule has 0 fully saturated rings. The van der Waals surface area contributed by atoms with E-state index in [0.29, 0.717) is 42.9 Å². The van der Waals surface area contributed by atoms with Crippen molar-refractivity contribution in [3.8, 4) is 11.5 Å². The Morgan fingerprint density at radius 3 is 2.41 bits per heavy atom. The van der Waals surface area contributed by atoms with Crippen molar-refractivity contribution in [2.45, 2.75) is 37.5 Å². The van der Waals surface area contributed by atoms with Gasteiger partial charge in [-0.2, -0.15) is 13.2 Å². The summed E-state index contributed by atoms with van der Waals surface area (Å²) in [5, 5.41) is 2.80. The summed E-state index contributed by atoms with van der Waals surface area (Å²) in [6.45, 7) is 0.616. The molecule has 4 rings (SSSR count). The molecule has 196 valence electrons. The first kappa shape index (κ1) is 26.5. The number of benzene rings is 2. The van der Waals surface area contributed by atoms with Crippen LogP contribution in [-0.2, 0) is 23.8 Å². The van der Waals surface area contributed by atoms with E-state index in [1.165, 1.54) is 12.3 Å². The first-order valence-electron chi connectivity index (χ1n) is 12.1. The summed E-state index contributed by atoms with van der Waals surface area (Å²) in [6.07, 6.45) is -1.46. The smallest absolute Gasteiger partial charge is 0.433 e. The number of nitrogens with one attached hydrogen (secondary N) is 1. The molecule has 0 saturated carbocycles. The minimum atomic E-state index is -4.48. The first-order chi connectivity index (χ1) is 17.8. The van der Waals surface area contributed by atoms with Crippen LogP contribution in [0, 0.1) is 0 Å². The van der Waals surface area contributed by atoms with Gasteiger partial charge in [0.05, 0.1) is 14.2 Å². The maximum absolute atomic E-state index is 13.2. The minimum Gasteiger partial charge on any atom is -0.493 e. The fourth-order valence-electron chi connectivity index (χ4n) is 4.99. The molecule has 1 unspecified atom stereocenters. The number of amides is 1. The molecule has 1 amide bonds. The zero-order valence-corrected chi connectivity index (χ0v) is 21.0. The third-order valence-corrected chi connectivity index (χ3v) is 6.81. The average Bonchev–Trinajstić information content (AvgIpc) is 2.91. The average molecular weight is 514 g/mol. The predicted molar refractivity (Wildman–Crippen MR) is 134 cm³/mol. The molecule has 1 N–H and O–H groups in total. The van der Waals surface area contributed by atoms with Gasteiger partial charge < -0.3 is 14.8 Å². The van der Waals surface area contributed by atoms with Gasteiger partial charge in [0.1, 0.15) is 11.7 Å². The van der Waals surface area contributed by atoms with Crippen molar-refractivity contribution < 1.29 is 27.4 Å². The number of likely N-dealkylation sites (N-methyl/N-ethyl adjacent to an activating group) is 1. The Labute approximate surface area is 214 Å². The highest BCUT2D eigenvalue weighted by atomic mass is 19.4. The molecule has 0 saturated heterocycles. The fraction of sp³-hybridized carbons (Fsp3) is 0.357. The Morgan fingerprint density at radius 1 is 1.11 bits per heavy atom. The minimum absolute atomic E-state index is 0.128. The monoisotopic (exact) mass is 513 g/mol. The number of aromatic nitrogens is 1. The second-order valence-electron chi connectivity index (χ2n) is 8.93. The van der Waals surface area contributed by atoms with E-state index in [1.54, 1.807) is 21.3 Å². The third kappa shape index (κ3) is 5.72. The van der Waals surface area contributed by atoms with Gasteiger partial charge in [-0.15, -0.1) is 0 Å². The second kappa shape index (κ2) is 11.2. The van der Waals surface area contributed by atoms with Crippen LogP contribution in [0.15, 0.2) is 60.8 Å². The Hall–Kier alpha value is -3.59. The van der Waals surface area contributed by atoms with Gasteiger partial charge in [0.25, 0.3) is 0 Å². The highest BCUT2D eigenvalue weighted by molar-refractivity contribution is 5.83. The van der Waals surface area contributed by atoms with Crippen molar-refractivity contribution in [2.75, 3.05) is 27.8 Å². The van der Waals surface area contributed by atoms with E-state index in [-0.39, 0.29) is 11.9 Å². The van der Waals surface area contributed by atoms with Crippen molar-refractivity contribution >= 4 is 5.91 Å². The van der Waals surface area contributed by atoms with Crippen molar-refractivity contribution in [1.29, 1.82) is 0 Å². The highest BCUT2D eigenvalue weighted by Crippen LogP contribution is 2.43. The van der Waals surface area contributed by atoms with E-state index >= 15 is 0 Å². The fourth-order valence-corrected chi connectivity index (χ4v) is 4.99. The Bertz CT molecular complexity index is 1220. The molecule has 1 aromatic heterocycles. The topological polar surface area (TPSA) is 63.7 Å². The number of carbonyl (C=O) groups is 1. The standard InChI is InChI=1S/C28H30F3N3O3/c1-32-27(35)26(19-7-5-4-6-8-19)34-14-13-20-15-23(36-2)24(37-3)16-21(20)22(34)11-9-18-10-12-25(33-17-18)28(29,30)31/h4-8,10,12,15-17,22,26H,9,11,13-14H2,1-3H3,(H,32,35)/t22?,26-/m1/s1. The number of hydrogen-bond acceptors (Lipinski definition) is 5. The third-order valence-electron chi connectivity index (χ3n) is 6.81. The van der Waals surface area contributed by atoms with E-state index in [1.807, 2.05) is 42.5 Å². The largest absolute Gasteiger partial charge is 0.493 e. The lowest BCUT2D eigenvalue weighted by molar-refractivity contribution is -0.141. The zero-order chi connectivity index (χ0) is 26.6. The Kier molecular flexibility index (Phi) is 8.02. The molecule has 2 heterocycles. The summed E-state index contributed by atoms with van der Waals surface area (Å²) in [6, 6.07) is 15.2. The molecule has 1 aliphatic heterocycles. The highest BCUT2D eigenvalue weighted by Gasteiger charge is 2.37. The summed E-state index contributed by atoms with van der Waals surface area (Å²) < 4.78 is 50.0. The van der Waals surface area contributed by atoms with Crippen LogP contribution < -0.4 is 14.8 Å². The summed E-state index contributed by atoms with van der Waals surface area (Å²) in [5.41, 5.74) is 2.74. The van der Waals surface area contributed by atoms with Gasteiger partial charge in [0, 0.05) is 25.8 Å². The lowest BCUT2D eigenvalue weighted by Gasteiger charge is -2.42. The summed E-state index contributed by atoms with van der Waals surface area (Å²) in [7, 11) is 4.78. The quantitative estimate of drug-likeness (QED) is 0.452. The van der Waals surface area contributed by atoms with Crippen LogP contribution in [0.4, 0.5) is 13.2 Å². The van der Waals surface area contributed by atoms with Crippen molar-refractivity contribution in [3.63, 3.8) is 0 Å². The molecule has 1 aliphatic rings.